The summed E-state index contributed by atoms with van der Waals surface area (Å²) in [5, 5.41) is 13.5. The third kappa shape index (κ3) is 3.82. The summed E-state index contributed by atoms with van der Waals surface area (Å²) in [6.45, 7) is 5.13. The van der Waals surface area contributed by atoms with Crippen LogP contribution in [0.4, 0.5) is 11.5 Å². The molecule has 0 fully saturated rings. The Kier molecular flexibility index (Phi) is 4.65. The van der Waals surface area contributed by atoms with E-state index in [4.69, 9.17) is 4.74 Å². The Hall–Kier alpha value is -1.69. The minimum absolute atomic E-state index is 0.0111. The first-order chi connectivity index (χ1) is 7.63. The summed E-state index contributed by atoms with van der Waals surface area (Å²) in [6.07, 6.45) is 1.23. The fraction of sp³-hybridized carbons (Fsp3) is 0.500. The molecule has 0 aliphatic carbocycles. The lowest BCUT2D eigenvalue weighted by Crippen LogP contribution is -2.22. The van der Waals surface area contributed by atoms with Gasteiger partial charge in [-0.25, -0.2) is 4.98 Å². The van der Waals surface area contributed by atoms with E-state index in [9.17, 15) is 10.1 Å². The standard InChI is InChI=1S/C10H15N3O3/c1-3-16-7-8(2)12-10-5-4-9(6-11-10)13(14)15/h4-6,8H,3,7H2,1-2H3,(H,11,12). The van der Waals surface area contributed by atoms with Gasteiger partial charge in [0.2, 0.25) is 0 Å². The van der Waals surface area contributed by atoms with E-state index in [1.165, 1.54) is 12.3 Å². The third-order valence-electron chi connectivity index (χ3n) is 1.92. The van der Waals surface area contributed by atoms with Crippen LogP contribution in [0.15, 0.2) is 18.3 Å². The number of pyridine rings is 1. The zero-order valence-electron chi connectivity index (χ0n) is 9.34. The first-order valence-corrected chi connectivity index (χ1v) is 5.08. The molecule has 16 heavy (non-hydrogen) atoms. The molecule has 0 aliphatic heterocycles. The van der Waals surface area contributed by atoms with Crippen LogP contribution in [0.2, 0.25) is 0 Å². The van der Waals surface area contributed by atoms with Gasteiger partial charge in [-0.2, -0.15) is 0 Å². The molecule has 0 saturated heterocycles. The van der Waals surface area contributed by atoms with Crippen molar-refractivity contribution >= 4 is 11.5 Å². The number of rotatable bonds is 6. The van der Waals surface area contributed by atoms with Gasteiger partial charge in [0.15, 0.2) is 0 Å². The Bertz CT molecular complexity index is 340. The summed E-state index contributed by atoms with van der Waals surface area (Å²) >= 11 is 0. The lowest BCUT2D eigenvalue weighted by Gasteiger charge is -2.13. The molecule has 1 rings (SSSR count). The highest BCUT2D eigenvalue weighted by atomic mass is 16.6. The quantitative estimate of drug-likeness (QED) is 0.590. The van der Waals surface area contributed by atoms with Crippen LogP contribution in [0, 0.1) is 10.1 Å². The number of hydrogen-bond donors (Lipinski definition) is 1. The van der Waals surface area contributed by atoms with Gasteiger partial charge in [-0.1, -0.05) is 0 Å². The molecule has 0 bridgehead atoms. The Labute approximate surface area is 93.8 Å². The topological polar surface area (TPSA) is 77.3 Å². The number of nitro groups is 1. The van der Waals surface area contributed by atoms with Crippen LogP contribution < -0.4 is 5.32 Å². The van der Waals surface area contributed by atoms with Gasteiger partial charge in [0.05, 0.1) is 11.5 Å². The smallest absolute Gasteiger partial charge is 0.287 e. The second kappa shape index (κ2) is 6.02. The molecule has 0 radical (unpaired) electrons. The Morgan fingerprint density at radius 3 is 2.88 bits per heavy atom. The van der Waals surface area contributed by atoms with Crippen LogP contribution >= 0.6 is 0 Å². The van der Waals surface area contributed by atoms with E-state index in [1.807, 2.05) is 13.8 Å². The van der Waals surface area contributed by atoms with Gasteiger partial charge in [-0.15, -0.1) is 0 Å². The monoisotopic (exact) mass is 225 g/mol. The van der Waals surface area contributed by atoms with Gasteiger partial charge in [0, 0.05) is 18.7 Å². The van der Waals surface area contributed by atoms with Crippen molar-refractivity contribution in [1.29, 1.82) is 0 Å². The summed E-state index contributed by atoms with van der Waals surface area (Å²) in [4.78, 5) is 13.9. The van der Waals surface area contributed by atoms with Crippen molar-refractivity contribution < 1.29 is 9.66 Å². The third-order valence-corrected chi connectivity index (χ3v) is 1.92. The van der Waals surface area contributed by atoms with Crippen molar-refractivity contribution in [3.63, 3.8) is 0 Å². The summed E-state index contributed by atoms with van der Waals surface area (Å²) in [5.74, 6) is 0.609. The number of aromatic nitrogens is 1. The molecule has 6 nitrogen and oxygen atoms in total. The molecule has 0 spiro atoms. The molecule has 0 aliphatic rings. The molecule has 1 heterocycles. The fourth-order valence-electron chi connectivity index (χ4n) is 1.17. The van der Waals surface area contributed by atoms with E-state index in [1.54, 1.807) is 6.07 Å². The maximum Gasteiger partial charge on any atom is 0.287 e. The SMILES string of the molecule is CCOCC(C)Nc1ccc([N+](=O)[O-])cn1. The van der Waals surface area contributed by atoms with Gasteiger partial charge in [0.25, 0.3) is 5.69 Å². The number of nitrogens with zero attached hydrogens (tertiary/aromatic N) is 2. The average Bonchev–Trinajstić information content (AvgIpc) is 2.27. The maximum absolute atomic E-state index is 10.4. The number of nitrogens with one attached hydrogen (secondary N) is 1. The van der Waals surface area contributed by atoms with Crippen LogP contribution in [0.25, 0.3) is 0 Å². The molecule has 1 N–H and O–H groups in total. The van der Waals surface area contributed by atoms with Gasteiger partial charge in [-0.3, -0.25) is 10.1 Å². The minimum atomic E-state index is -0.472. The van der Waals surface area contributed by atoms with Crippen molar-refractivity contribution in [3.05, 3.63) is 28.4 Å². The fourth-order valence-corrected chi connectivity index (χ4v) is 1.17. The summed E-state index contributed by atoms with van der Waals surface area (Å²) in [5.41, 5.74) is -0.0111. The predicted molar refractivity (Wildman–Crippen MR) is 60.5 cm³/mol. The van der Waals surface area contributed by atoms with Gasteiger partial charge in [0.1, 0.15) is 12.0 Å². The van der Waals surface area contributed by atoms with Crippen LogP contribution in [0.5, 0.6) is 0 Å². The number of ether oxygens (including phenoxy) is 1. The Morgan fingerprint density at radius 1 is 1.62 bits per heavy atom. The largest absolute Gasteiger partial charge is 0.380 e. The van der Waals surface area contributed by atoms with E-state index >= 15 is 0 Å². The highest BCUT2D eigenvalue weighted by Crippen LogP contribution is 2.12. The van der Waals surface area contributed by atoms with Crippen LogP contribution in [-0.2, 0) is 4.74 Å². The van der Waals surface area contributed by atoms with Crippen molar-refractivity contribution in [2.24, 2.45) is 0 Å². The zero-order chi connectivity index (χ0) is 12.0. The molecule has 0 aromatic carbocycles. The van der Waals surface area contributed by atoms with Crippen molar-refractivity contribution in [2.45, 2.75) is 19.9 Å². The number of hydrogen-bond acceptors (Lipinski definition) is 5. The second-order valence-corrected chi connectivity index (χ2v) is 3.36. The normalized spacial score (nSPS) is 12.1. The number of anilines is 1. The van der Waals surface area contributed by atoms with Crippen LogP contribution in [-0.4, -0.2) is 29.2 Å². The van der Waals surface area contributed by atoms with E-state index in [2.05, 4.69) is 10.3 Å². The molecule has 0 amide bonds. The van der Waals surface area contributed by atoms with Crippen molar-refractivity contribution in [2.75, 3.05) is 18.5 Å². The molecule has 1 unspecified atom stereocenters. The molecule has 6 heteroatoms. The highest BCUT2D eigenvalue weighted by Gasteiger charge is 2.07. The summed E-state index contributed by atoms with van der Waals surface area (Å²) < 4.78 is 5.23. The first-order valence-electron chi connectivity index (χ1n) is 5.08. The summed E-state index contributed by atoms with van der Waals surface area (Å²) in [6, 6.07) is 3.12. The summed E-state index contributed by atoms with van der Waals surface area (Å²) in [7, 11) is 0. The highest BCUT2D eigenvalue weighted by molar-refractivity contribution is 5.40. The van der Waals surface area contributed by atoms with Gasteiger partial charge in [-0.05, 0) is 19.9 Å². The second-order valence-electron chi connectivity index (χ2n) is 3.36. The van der Waals surface area contributed by atoms with E-state index in [-0.39, 0.29) is 11.7 Å². The predicted octanol–water partition coefficient (Wildman–Crippen LogP) is 1.83. The molecular formula is C10H15N3O3. The lowest BCUT2D eigenvalue weighted by atomic mass is 10.3. The maximum atomic E-state index is 10.4. The van der Waals surface area contributed by atoms with Crippen LogP contribution in [0.1, 0.15) is 13.8 Å². The Balaban J connectivity index is 2.51. The Morgan fingerprint density at radius 2 is 2.38 bits per heavy atom. The van der Waals surface area contributed by atoms with E-state index in [0.717, 1.165) is 0 Å². The molecule has 1 aromatic rings. The van der Waals surface area contributed by atoms with E-state index < -0.39 is 4.92 Å². The lowest BCUT2D eigenvalue weighted by molar-refractivity contribution is -0.385. The van der Waals surface area contributed by atoms with Gasteiger partial charge < -0.3 is 10.1 Å². The molecule has 0 saturated carbocycles. The average molecular weight is 225 g/mol. The van der Waals surface area contributed by atoms with E-state index in [0.29, 0.717) is 19.0 Å². The van der Waals surface area contributed by atoms with Gasteiger partial charge >= 0.3 is 0 Å². The molecule has 1 aromatic heterocycles. The van der Waals surface area contributed by atoms with Crippen molar-refractivity contribution in [3.8, 4) is 0 Å². The zero-order valence-corrected chi connectivity index (χ0v) is 9.34. The first kappa shape index (κ1) is 12.4. The molecule has 88 valence electrons. The minimum Gasteiger partial charge on any atom is -0.380 e. The molecule has 1 atom stereocenters. The van der Waals surface area contributed by atoms with Crippen LogP contribution in [0.3, 0.4) is 0 Å². The van der Waals surface area contributed by atoms with Crippen molar-refractivity contribution in [1.82, 2.24) is 4.98 Å². The molecular weight excluding hydrogens is 210 g/mol.